The van der Waals surface area contributed by atoms with Crippen LogP contribution in [0.2, 0.25) is 0 Å². The molecule has 2 atom stereocenters. The molecule has 0 unspecified atom stereocenters. The standard InChI is InChI=1S/C19H23FN2O2/c1-22(2)17(11-14-7-4-3-5-8-14)19(24)21-13-18(23)15-9-6-10-16(20)12-15/h3-10,12,17-18,23H,11,13H2,1-2H3,(H,21,24)/t17-,18+/m0/s1. The Morgan fingerprint density at radius 3 is 2.50 bits per heavy atom. The molecule has 0 aliphatic rings. The molecule has 0 aliphatic carbocycles. The highest BCUT2D eigenvalue weighted by Gasteiger charge is 2.22. The molecule has 2 rings (SSSR count). The summed E-state index contributed by atoms with van der Waals surface area (Å²) in [4.78, 5) is 14.3. The summed E-state index contributed by atoms with van der Waals surface area (Å²) in [7, 11) is 3.69. The summed E-state index contributed by atoms with van der Waals surface area (Å²) in [5.41, 5.74) is 1.51. The molecule has 2 N–H and O–H groups in total. The van der Waals surface area contributed by atoms with Crippen molar-refractivity contribution in [2.75, 3.05) is 20.6 Å². The molecule has 5 heteroatoms. The predicted octanol–water partition coefficient (Wildman–Crippen LogP) is 2.15. The van der Waals surface area contributed by atoms with Crippen molar-refractivity contribution in [1.82, 2.24) is 10.2 Å². The van der Waals surface area contributed by atoms with Crippen LogP contribution in [0.4, 0.5) is 4.39 Å². The van der Waals surface area contributed by atoms with Crippen LogP contribution in [0.3, 0.4) is 0 Å². The van der Waals surface area contributed by atoms with E-state index in [1.807, 2.05) is 49.3 Å². The molecule has 0 aromatic heterocycles. The summed E-state index contributed by atoms with van der Waals surface area (Å²) in [6, 6.07) is 15.2. The maximum Gasteiger partial charge on any atom is 0.237 e. The van der Waals surface area contributed by atoms with E-state index in [1.165, 1.54) is 18.2 Å². The molecule has 0 heterocycles. The van der Waals surface area contributed by atoms with Gasteiger partial charge in [-0.3, -0.25) is 9.69 Å². The van der Waals surface area contributed by atoms with Crippen LogP contribution in [-0.2, 0) is 11.2 Å². The average Bonchev–Trinajstić information content (AvgIpc) is 2.58. The minimum absolute atomic E-state index is 0.0431. The second kappa shape index (κ2) is 8.57. The largest absolute Gasteiger partial charge is 0.387 e. The van der Waals surface area contributed by atoms with Gasteiger partial charge in [-0.05, 0) is 43.8 Å². The number of hydrogen-bond donors (Lipinski definition) is 2. The summed E-state index contributed by atoms with van der Waals surface area (Å²) in [5, 5.41) is 12.9. The van der Waals surface area contributed by atoms with Crippen LogP contribution in [0.1, 0.15) is 17.2 Å². The van der Waals surface area contributed by atoms with Gasteiger partial charge < -0.3 is 10.4 Å². The van der Waals surface area contributed by atoms with E-state index in [0.717, 1.165) is 5.56 Å². The summed E-state index contributed by atoms with van der Waals surface area (Å²) >= 11 is 0. The molecule has 24 heavy (non-hydrogen) atoms. The SMILES string of the molecule is CN(C)[C@@H](Cc1ccccc1)C(=O)NC[C@@H](O)c1cccc(F)c1. The van der Waals surface area contributed by atoms with Crippen molar-refractivity contribution in [2.24, 2.45) is 0 Å². The van der Waals surface area contributed by atoms with E-state index in [2.05, 4.69) is 5.32 Å². The Hall–Kier alpha value is -2.24. The second-order valence-electron chi connectivity index (χ2n) is 5.99. The topological polar surface area (TPSA) is 52.6 Å². The normalized spacial score (nSPS) is 13.5. The zero-order chi connectivity index (χ0) is 17.5. The van der Waals surface area contributed by atoms with E-state index in [-0.39, 0.29) is 18.5 Å². The molecular weight excluding hydrogens is 307 g/mol. The molecule has 0 saturated heterocycles. The molecule has 0 aliphatic heterocycles. The fourth-order valence-corrected chi connectivity index (χ4v) is 2.49. The van der Waals surface area contributed by atoms with Crippen molar-refractivity contribution in [2.45, 2.75) is 18.6 Å². The Kier molecular flexibility index (Phi) is 6.46. The van der Waals surface area contributed by atoms with Crippen molar-refractivity contribution >= 4 is 5.91 Å². The Balaban J connectivity index is 1.95. The molecule has 0 bridgehead atoms. The van der Waals surface area contributed by atoms with Gasteiger partial charge in [-0.25, -0.2) is 4.39 Å². The first-order valence-corrected chi connectivity index (χ1v) is 7.89. The van der Waals surface area contributed by atoms with Crippen LogP contribution >= 0.6 is 0 Å². The zero-order valence-corrected chi connectivity index (χ0v) is 13.9. The van der Waals surface area contributed by atoms with Crippen molar-refractivity contribution in [1.29, 1.82) is 0 Å². The second-order valence-corrected chi connectivity index (χ2v) is 5.99. The number of aliphatic hydroxyl groups is 1. The number of likely N-dealkylation sites (N-methyl/N-ethyl adjacent to an activating group) is 1. The summed E-state index contributed by atoms with van der Waals surface area (Å²) in [5.74, 6) is -0.576. The van der Waals surface area contributed by atoms with Crippen LogP contribution < -0.4 is 5.32 Å². The molecule has 0 saturated carbocycles. The van der Waals surface area contributed by atoms with Crippen LogP contribution in [0.5, 0.6) is 0 Å². The number of nitrogens with zero attached hydrogens (tertiary/aromatic N) is 1. The van der Waals surface area contributed by atoms with Crippen LogP contribution in [-0.4, -0.2) is 42.6 Å². The highest BCUT2D eigenvalue weighted by atomic mass is 19.1. The first-order valence-electron chi connectivity index (χ1n) is 7.89. The Morgan fingerprint density at radius 1 is 1.17 bits per heavy atom. The van der Waals surface area contributed by atoms with Gasteiger partial charge in [0.15, 0.2) is 0 Å². The van der Waals surface area contributed by atoms with E-state index in [9.17, 15) is 14.3 Å². The van der Waals surface area contributed by atoms with Crippen molar-refractivity contribution < 1.29 is 14.3 Å². The molecule has 0 fully saturated rings. The number of benzene rings is 2. The first-order chi connectivity index (χ1) is 11.5. The minimum Gasteiger partial charge on any atom is -0.387 e. The summed E-state index contributed by atoms with van der Waals surface area (Å²) < 4.78 is 13.2. The van der Waals surface area contributed by atoms with Crippen molar-refractivity contribution in [3.63, 3.8) is 0 Å². The number of carbonyl (C=O) groups is 1. The van der Waals surface area contributed by atoms with Gasteiger partial charge in [0.1, 0.15) is 5.82 Å². The van der Waals surface area contributed by atoms with Crippen LogP contribution in [0.25, 0.3) is 0 Å². The number of nitrogens with one attached hydrogen (secondary N) is 1. The predicted molar refractivity (Wildman–Crippen MR) is 92.0 cm³/mol. The molecular formula is C19H23FN2O2. The molecule has 2 aromatic carbocycles. The monoisotopic (exact) mass is 330 g/mol. The van der Waals surface area contributed by atoms with Gasteiger partial charge in [0, 0.05) is 6.54 Å². The average molecular weight is 330 g/mol. The lowest BCUT2D eigenvalue weighted by Gasteiger charge is -2.24. The maximum atomic E-state index is 13.2. The van der Waals surface area contributed by atoms with Crippen molar-refractivity contribution in [3.8, 4) is 0 Å². The fraction of sp³-hybridized carbons (Fsp3) is 0.316. The van der Waals surface area contributed by atoms with E-state index >= 15 is 0 Å². The van der Waals surface area contributed by atoms with E-state index in [4.69, 9.17) is 0 Å². The van der Waals surface area contributed by atoms with E-state index < -0.39 is 11.9 Å². The van der Waals surface area contributed by atoms with Crippen molar-refractivity contribution in [3.05, 3.63) is 71.5 Å². The van der Waals surface area contributed by atoms with Gasteiger partial charge in [0.05, 0.1) is 12.1 Å². The van der Waals surface area contributed by atoms with Crippen LogP contribution in [0, 0.1) is 5.82 Å². The number of aliphatic hydroxyl groups excluding tert-OH is 1. The third-order valence-corrected chi connectivity index (χ3v) is 3.90. The molecule has 4 nitrogen and oxygen atoms in total. The highest BCUT2D eigenvalue weighted by molar-refractivity contribution is 5.82. The van der Waals surface area contributed by atoms with Gasteiger partial charge in [-0.15, -0.1) is 0 Å². The number of halogens is 1. The lowest BCUT2D eigenvalue weighted by molar-refractivity contribution is -0.126. The Morgan fingerprint density at radius 2 is 1.88 bits per heavy atom. The quantitative estimate of drug-likeness (QED) is 0.818. The molecule has 128 valence electrons. The zero-order valence-electron chi connectivity index (χ0n) is 13.9. The lowest BCUT2D eigenvalue weighted by Crippen LogP contribution is -2.45. The number of amides is 1. The number of carbonyl (C=O) groups excluding carboxylic acids is 1. The Labute approximate surface area is 141 Å². The minimum atomic E-state index is -0.941. The molecule has 2 aromatic rings. The highest BCUT2D eigenvalue weighted by Crippen LogP contribution is 2.13. The molecule has 1 amide bonds. The summed E-state index contributed by atoms with van der Waals surface area (Å²) in [6.07, 6.45) is -0.361. The van der Waals surface area contributed by atoms with Gasteiger partial charge in [-0.1, -0.05) is 42.5 Å². The maximum absolute atomic E-state index is 13.2. The van der Waals surface area contributed by atoms with Gasteiger partial charge >= 0.3 is 0 Å². The van der Waals surface area contributed by atoms with Gasteiger partial charge in [0.25, 0.3) is 0 Å². The fourth-order valence-electron chi connectivity index (χ4n) is 2.49. The third kappa shape index (κ3) is 5.15. The van der Waals surface area contributed by atoms with Gasteiger partial charge in [0.2, 0.25) is 5.91 Å². The molecule has 0 spiro atoms. The number of hydrogen-bond acceptors (Lipinski definition) is 3. The smallest absolute Gasteiger partial charge is 0.237 e. The summed E-state index contributed by atoms with van der Waals surface area (Å²) in [6.45, 7) is 0.0431. The number of rotatable bonds is 7. The lowest BCUT2D eigenvalue weighted by atomic mass is 10.0. The van der Waals surface area contributed by atoms with Crippen LogP contribution in [0.15, 0.2) is 54.6 Å². The molecule has 0 radical (unpaired) electrons. The third-order valence-electron chi connectivity index (χ3n) is 3.90. The Bertz CT molecular complexity index is 661. The first kappa shape index (κ1) is 18.1. The van der Waals surface area contributed by atoms with Gasteiger partial charge in [-0.2, -0.15) is 0 Å². The van der Waals surface area contributed by atoms with E-state index in [1.54, 1.807) is 6.07 Å². The van der Waals surface area contributed by atoms with E-state index in [0.29, 0.717) is 12.0 Å².